The van der Waals surface area contributed by atoms with Crippen molar-refractivity contribution in [2.24, 2.45) is 10.3 Å². The monoisotopic (exact) mass is 278 g/mol. The van der Waals surface area contributed by atoms with Gasteiger partial charge in [0.1, 0.15) is 11.0 Å². The average molecular weight is 278 g/mol. The number of aromatic nitrogens is 1. The zero-order valence-corrected chi connectivity index (χ0v) is 12.7. The lowest BCUT2D eigenvalue weighted by molar-refractivity contribution is 0.650. The van der Waals surface area contributed by atoms with Gasteiger partial charge in [-0.2, -0.15) is 4.40 Å². The maximum atomic E-state index is 12.2. The summed E-state index contributed by atoms with van der Waals surface area (Å²) in [5.74, 6) is 0.844. The van der Waals surface area contributed by atoms with Crippen LogP contribution in [0.4, 0.5) is 0 Å². The molecule has 0 spiro atoms. The molecule has 0 aromatic carbocycles. The Hall–Kier alpha value is -1.03. The lowest BCUT2D eigenvalue weighted by atomic mass is 10.1. The molecule has 1 fully saturated rings. The quantitative estimate of drug-likeness (QED) is 0.773. The highest BCUT2D eigenvalue weighted by Gasteiger charge is 2.24. The van der Waals surface area contributed by atoms with Crippen molar-refractivity contribution in [2.45, 2.75) is 51.2 Å². The summed E-state index contributed by atoms with van der Waals surface area (Å²) in [5.41, 5.74) is 1.75. The molecule has 1 aliphatic rings. The van der Waals surface area contributed by atoms with E-state index in [1.54, 1.807) is 6.20 Å². The van der Waals surface area contributed by atoms with Crippen molar-refractivity contribution in [2.75, 3.05) is 0 Å². The molecule has 104 valence electrons. The Labute approximate surface area is 118 Å². The summed E-state index contributed by atoms with van der Waals surface area (Å²) in [7, 11) is -1.21. The minimum Gasteiger partial charge on any atom is -0.255 e. The van der Waals surface area contributed by atoms with Crippen LogP contribution >= 0.6 is 0 Å². The minimum atomic E-state index is -1.21. The highest BCUT2D eigenvalue weighted by atomic mass is 32.2. The van der Waals surface area contributed by atoms with Crippen LogP contribution in [0.1, 0.15) is 52.1 Å². The molecule has 1 aromatic rings. The Balaban J connectivity index is 2.17. The minimum absolute atomic E-state index is 0.320. The molecule has 0 N–H and O–H groups in total. The van der Waals surface area contributed by atoms with Crippen LogP contribution in [0.5, 0.6) is 0 Å². The number of nitrogens with zero attached hydrogens (tertiary/aromatic N) is 2. The number of pyridine rings is 1. The van der Waals surface area contributed by atoms with Gasteiger partial charge in [0.15, 0.2) is 0 Å². The van der Waals surface area contributed by atoms with Crippen molar-refractivity contribution in [1.82, 2.24) is 4.98 Å². The molecule has 1 aliphatic carbocycles. The lowest BCUT2D eigenvalue weighted by Gasteiger charge is -2.15. The summed E-state index contributed by atoms with van der Waals surface area (Å²) in [6.45, 7) is 5.84. The van der Waals surface area contributed by atoms with Gasteiger partial charge in [-0.1, -0.05) is 18.9 Å². The Morgan fingerprint density at radius 2 is 2.16 bits per heavy atom. The molecule has 0 radical (unpaired) electrons. The number of rotatable bonds is 5. The first-order valence-corrected chi connectivity index (χ1v) is 7.98. The second kappa shape index (κ2) is 5.95. The second-order valence-electron chi connectivity index (χ2n) is 6.10. The van der Waals surface area contributed by atoms with Crippen molar-refractivity contribution in [3.8, 4) is 0 Å². The first kappa shape index (κ1) is 14.4. The molecule has 19 heavy (non-hydrogen) atoms. The van der Waals surface area contributed by atoms with Gasteiger partial charge < -0.3 is 0 Å². The second-order valence-corrected chi connectivity index (χ2v) is 8.00. The summed E-state index contributed by atoms with van der Waals surface area (Å²) in [4.78, 5) is 4.35. The van der Waals surface area contributed by atoms with Crippen molar-refractivity contribution >= 4 is 16.7 Å². The summed E-state index contributed by atoms with van der Waals surface area (Å²) < 4.78 is 16.3. The molecule has 0 amide bonds. The van der Waals surface area contributed by atoms with Gasteiger partial charge in [-0.25, -0.2) is 4.21 Å². The van der Waals surface area contributed by atoms with Gasteiger partial charge >= 0.3 is 0 Å². The maximum absolute atomic E-state index is 12.2. The van der Waals surface area contributed by atoms with Crippen molar-refractivity contribution in [1.29, 1.82) is 0 Å². The van der Waals surface area contributed by atoms with Gasteiger partial charge in [-0.05, 0) is 51.7 Å². The average Bonchev–Trinajstić information content (AvgIpc) is 3.18. The normalized spacial score (nSPS) is 18.4. The van der Waals surface area contributed by atoms with E-state index in [1.807, 2.05) is 39.0 Å². The van der Waals surface area contributed by atoms with E-state index in [1.165, 1.54) is 12.8 Å². The van der Waals surface area contributed by atoms with Crippen LogP contribution < -0.4 is 0 Å². The molecular formula is C15H22N2OS. The third kappa shape index (κ3) is 4.53. The summed E-state index contributed by atoms with van der Waals surface area (Å²) in [5, 5.41) is 0. The van der Waals surface area contributed by atoms with E-state index < -0.39 is 11.0 Å². The molecule has 4 heteroatoms. The third-order valence-corrected chi connectivity index (χ3v) is 4.60. The maximum Gasteiger partial charge on any atom is 0.145 e. The number of hydrogen-bond donors (Lipinski definition) is 0. The predicted molar refractivity (Wildman–Crippen MR) is 80.6 cm³/mol. The Morgan fingerprint density at radius 1 is 1.42 bits per heavy atom. The first-order chi connectivity index (χ1) is 8.97. The van der Waals surface area contributed by atoms with E-state index in [4.69, 9.17) is 0 Å². The van der Waals surface area contributed by atoms with Gasteiger partial charge in [-0.3, -0.25) is 4.98 Å². The van der Waals surface area contributed by atoms with Crippen LogP contribution in [-0.4, -0.2) is 19.7 Å². The molecule has 1 atom stereocenters. The Bertz CT molecular complexity index is 473. The van der Waals surface area contributed by atoms with E-state index in [2.05, 4.69) is 9.38 Å². The molecule has 2 rings (SSSR count). The topological polar surface area (TPSA) is 42.3 Å². The molecular weight excluding hydrogens is 256 g/mol. The van der Waals surface area contributed by atoms with Crippen molar-refractivity contribution in [3.05, 3.63) is 30.1 Å². The van der Waals surface area contributed by atoms with Gasteiger partial charge in [-0.15, -0.1) is 0 Å². The van der Waals surface area contributed by atoms with Crippen LogP contribution in [0.3, 0.4) is 0 Å². The summed E-state index contributed by atoms with van der Waals surface area (Å²) >= 11 is 0. The predicted octanol–water partition coefficient (Wildman–Crippen LogP) is 3.52. The summed E-state index contributed by atoms with van der Waals surface area (Å²) in [6, 6.07) is 5.79. The standard InChI is InChI=1S/C15H22N2OS/c1-15(2,3)19(18)17-14(10-9-12-7-8-12)13-6-4-5-11-16-13/h4-6,11-12H,7-10H2,1-3H3. The SMILES string of the molecule is CC(C)(C)S(=O)N=C(CCC1CC1)c1ccccn1. The third-order valence-electron chi connectivity index (χ3n) is 3.16. The van der Waals surface area contributed by atoms with Crippen LogP contribution in [0.2, 0.25) is 0 Å². The fraction of sp³-hybridized carbons (Fsp3) is 0.600. The molecule has 1 aromatic heterocycles. The van der Waals surface area contributed by atoms with Gasteiger partial charge in [0.05, 0.1) is 16.2 Å². The molecule has 1 heterocycles. The molecule has 0 aliphatic heterocycles. The molecule has 3 nitrogen and oxygen atoms in total. The van der Waals surface area contributed by atoms with E-state index >= 15 is 0 Å². The zero-order chi connectivity index (χ0) is 13.9. The highest BCUT2D eigenvalue weighted by molar-refractivity contribution is 7.85. The van der Waals surface area contributed by atoms with E-state index in [0.29, 0.717) is 0 Å². The van der Waals surface area contributed by atoms with Gasteiger partial charge in [0.25, 0.3) is 0 Å². The lowest BCUT2D eigenvalue weighted by Crippen LogP contribution is -2.21. The van der Waals surface area contributed by atoms with Crippen molar-refractivity contribution in [3.63, 3.8) is 0 Å². The van der Waals surface area contributed by atoms with E-state index in [0.717, 1.165) is 30.2 Å². The Morgan fingerprint density at radius 3 is 2.68 bits per heavy atom. The molecule has 1 saturated carbocycles. The van der Waals surface area contributed by atoms with Crippen LogP contribution in [0, 0.1) is 5.92 Å². The molecule has 1 unspecified atom stereocenters. The fourth-order valence-corrected chi connectivity index (χ4v) is 2.40. The smallest absolute Gasteiger partial charge is 0.145 e. The van der Waals surface area contributed by atoms with Gasteiger partial charge in [0.2, 0.25) is 0 Å². The van der Waals surface area contributed by atoms with E-state index in [9.17, 15) is 4.21 Å². The summed E-state index contributed by atoms with van der Waals surface area (Å²) in [6.07, 6.45) is 6.44. The number of hydrogen-bond acceptors (Lipinski definition) is 2. The zero-order valence-electron chi connectivity index (χ0n) is 11.9. The molecule has 0 saturated heterocycles. The van der Waals surface area contributed by atoms with E-state index in [-0.39, 0.29) is 4.75 Å². The largest absolute Gasteiger partial charge is 0.255 e. The highest BCUT2D eigenvalue weighted by Crippen LogP contribution is 2.34. The molecule has 0 bridgehead atoms. The van der Waals surface area contributed by atoms with Crippen molar-refractivity contribution < 1.29 is 4.21 Å². The van der Waals surface area contributed by atoms with Gasteiger partial charge in [0, 0.05) is 6.20 Å². The van der Waals surface area contributed by atoms with Crippen LogP contribution in [-0.2, 0) is 11.0 Å². The van der Waals surface area contributed by atoms with Crippen LogP contribution in [0.15, 0.2) is 28.8 Å². The fourth-order valence-electron chi connectivity index (χ4n) is 1.74. The first-order valence-electron chi connectivity index (χ1n) is 6.88. The Kier molecular flexibility index (Phi) is 4.50. The van der Waals surface area contributed by atoms with Crippen LogP contribution in [0.25, 0.3) is 0 Å².